The highest BCUT2D eigenvalue weighted by molar-refractivity contribution is 6.09. The van der Waals surface area contributed by atoms with E-state index >= 15 is 0 Å². The molecule has 0 unspecified atom stereocenters. The van der Waals surface area contributed by atoms with Crippen molar-refractivity contribution < 1.29 is 9.30 Å². The molecular formula is C63H60N4O. The second-order valence-electron chi connectivity index (χ2n) is 20.6. The zero-order chi connectivity index (χ0) is 47.4. The molecule has 3 heterocycles. The molecule has 0 fully saturated rings. The fourth-order valence-electron chi connectivity index (χ4n) is 9.83. The lowest BCUT2D eigenvalue weighted by Gasteiger charge is -2.26. The number of fused-ring (bicyclic) bond motifs is 3. The number of nitrogens with zero attached hydrogens (tertiary/aromatic N) is 4. The second-order valence-corrected chi connectivity index (χ2v) is 20.6. The Morgan fingerprint density at radius 1 is 0.544 bits per heavy atom. The summed E-state index contributed by atoms with van der Waals surface area (Å²) in [5.74, 6) is 2.67. The smallest absolute Gasteiger partial charge is 0.269 e. The minimum Gasteiger partial charge on any atom is -0.458 e. The van der Waals surface area contributed by atoms with Gasteiger partial charge in [-0.05, 0) is 111 Å². The molecule has 5 nitrogen and oxygen atoms in total. The number of ether oxygens (including phenoxy) is 1. The predicted molar refractivity (Wildman–Crippen MR) is 280 cm³/mol. The summed E-state index contributed by atoms with van der Waals surface area (Å²) in [5, 5.41) is 2.30. The van der Waals surface area contributed by atoms with E-state index in [1.807, 2.05) is 6.20 Å². The highest BCUT2D eigenvalue weighted by Crippen LogP contribution is 2.40. The van der Waals surface area contributed by atoms with Crippen molar-refractivity contribution in [1.82, 2.24) is 14.1 Å². The van der Waals surface area contributed by atoms with Crippen molar-refractivity contribution in [2.24, 2.45) is 0 Å². The Labute approximate surface area is 402 Å². The van der Waals surface area contributed by atoms with Crippen LogP contribution in [0.25, 0.3) is 50.1 Å². The largest absolute Gasteiger partial charge is 0.458 e. The molecule has 0 spiro atoms. The highest BCUT2D eigenvalue weighted by atomic mass is 16.5. The number of para-hydroxylation sites is 1. The standard InChI is InChI=1S/C63H60N4O/c1-43(2)53-27-16-17-28-54(53)44-35-50(66-42-65(41-59(66)61(3,4)5)49-26-20-25-47(37-49)62(6,7)45-21-12-10-13-22-45)39-52(36-44)68-51-31-32-56-55-29-18-19-30-57(55)67(58(56)40-51)60-38-48(33-34-64-60)63(8,9)46-23-14-11-15-24-46/h10-41,43H,1-9H3. The zero-order valence-electron chi connectivity index (χ0n) is 40.7. The molecule has 0 aliphatic heterocycles. The quantitative estimate of drug-likeness (QED) is 0.0958. The van der Waals surface area contributed by atoms with Crippen LogP contribution in [0.15, 0.2) is 194 Å². The summed E-state index contributed by atoms with van der Waals surface area (Å²) < 4.78 is 13.7. The van der Waals surface area contributed by atoms with Gasteiger partial charge in [0.05, 0.1) is 28.1 Å². The van der Waals surface area contributed by atoms with E-state index in [1.165, 1.54) is 38.8 Å². The summed E-state index contributed by atoms with van der Waals surface area (Å²) >= 11 is 0. The molecule has 10 rings (SSSR count). The average molecular weight is 889 g/mol. The van der Waals surface area contributed by atoms with Crippen molar-refractivity contribution in [3.63, 3.8) is 0 Å². The number of aromatic nitrogens is 4. The van der Waals surface area contributed by atoms with Crippen LogP contribution in [0.4, 0.5) is 0 Å². The summed E-state index contributed by atoms with van der Waals surface area (Å²) in [6.07, 6.45) is 7.98. The van der Waals surface area contributed by atoms with E-state index in [9.17, 15) is 0 Å². The monoisotopic (exact) mass is 888 g/mol. The van der Waals surface area contributed by atoms with Crippen molar-refractivity contribution in [2.45, 2.75) is 84.5 Å². The van der Waals surface area contributed by atoms with Crippen LogP contribution in [-0.4, -0.2) is 14.1 Å². The van der Waals surface area contributed by atoms with Crippen molar-refractivity contribution in [3.05, 3.63) is 234 Å². The van der Waals surface area contributed by atoms with Crippen molar-refractivity contribution >= 4 is 21.8 Å². The molecule has 10 aromatic rings. The predicted octanol–water partition coefficient (Wildman–Crippen LogP) is 15.6. The van der Waals surface area contributed by atoms with Gasteiger partial charge in [0, 0.05) is 40.1 Å². The molecule has 0 N–H and O–H groups in total. The Hall–Kier alpha value is -7.50. The number of hydrogen-bond acceptors (Lipinski definition) is 2. The molecular weight excluding hydrogens is 829 g/mol. The summed E-state index contributed by atoms with van der Waals surface area (Å²) in [6, 6.07) is 65.1. The van der Waals surface area contributed by atoms with Crippen LogP contribution in [0.1, 0.15) is 102 Å². The van der Waals surface area contributed by atoms with Gasteiger partial charge in [-0.3, -0.25) is 13.7 Å². The van der Waals surface area contributed by atoms with Crippen molar-refractivity contribution in [3.8, 4) is 39.8 Å². The van der Waals surface area contributed by atoms with E-state index in [0.29, 0.717) is 5.92 Å². The molecule has 0 saturated heterocycles. The molecule has 0 aliphatic carbocycles. The summed E-state index contributed by atoms with van der Waals surface area (Å²) in [6.45, 7) is 20.5. The van der Waals surface area contributed by atoms with Gasteiger partial charge in [0.2, 0.25) is 0 Å². The van der Waals surface area contributed by atoms with E-state index < -0.39 is 0 Å². The van der Waals surface area contributed by atoms with Gasteiger partial charge in [0.1, 0.15) is 17.3 Å². The zero-order valence-corrected chi connectivity index (χ0v) is 40.7. The first-order valence-electron chi connectivity index (χ1n) is 23.9. The number of hydrogen-bond donors (Lipinski definition) is 0. The first kappa shape index (κ1) is 44.3. The Kier molecular flexibility index (Phi) is 11.3. The molecule has 0 bridgehead atoms. The maximum absolute atomic E-state index is 7.08. The van der Waals surface area contributed by atoms with E-state index in [4.69, 9.17) is 9.72 Å². The van der Waals surface area contributed by atoms with Gasteiger partial charge in [-0.1, -0.05) is 178 Å². The average Bonchev–Trinajstić information content (AvgIpc) is 3.96. The number of imidazole rings is 1. The lowest BCUT2D eigenvalue weighted by atomic mass is 9.78. The van der Waals surface area contributed by atoms with Gasteiger partial charge in [0.25, 0.3) is 6.33 Å². The molecule has 7 aromatic carbocycles. The third kappa shape index (κ3) is 8.21. The van der Waals surface area contributed by atoms with Crippen LogP contribution in [0, 0.1) is 6.33 Å². The second kappa shape index (κ2) is 17.3. The molecule has 0 amide bonds. The molecule has 338 valence electrons. The lowest BCUT2D eigenvalue weighted by molar-refractivity contribution is -0.599. The lowest BCUT2D eigenvalue weighted by Crippen LogP contribution is -2.29. The Morgan fingerprint density at radius 3 is 1.88 bits per heavy atom. The van der Waals surface area contributed by atoms with E-state index in [1.54, 1.807) is 0 Å². The summed E-state index contributed by atoms with van der Waals surface area (Å²) in [7, 11) is 0. The van der Waals surface area contributed by atoms with Gasteiger partial charge in [-0.2, -0.15) is 0 Å². The Balaban J connectivity index is 1.10. The summed E-state index contributed by atoms with van der Waals surface area (Å²) in [5.41, 5.74) is 13.2. The van der Waals surface area contributed by atoms with Gasteiger partial charge in [0.15, 0.2) is 0 Å². The molecule has 0 radical (unpaired) electrons. The van der Waals surface area contributed by atoms with Gasteiger partial charge in [-0.15, -0.1) is 0 Å². The van der Waals surface area contributed by atoms with Crippen LogP contribution in [0.5, 0.6) is 11.5 Å². The van der Waals surface area contributed by atoms with Crippen molar-refractivity contribution in [2.75, 3.05) is 0 Å². The SMILES string of the molecule is CC(C)c1ccccc1-c1cc(Oc2ccc3c4ccccc4n(-c4cc(C(C)(C)c5ccccc5)ccn4)c3c2)cc(-n2[c-][n+](-c3cccc(C(C)(C)c4ccccc4)c3)cc2C(C)(C)C)c1. The summed E-state index contributed by atoms with van der Waals surface area (Å²) in [4.78, 5) is 5.01. The topological polar surface area (TPSA) is 35.9 Å². The number of pyridine rings is 1. The fraction of sp³-hybridized carbons (Fsp3) is 0.206. The highest BCUT2D eigenvalue weighted by Gasteiger charge is 2.27. The Morgan fingerprint density at radius 2 is 1.18 bits per heavy atom. The molecule has 5 heteroatoms. The first-order chi connectivity index (χ1) is 32.7. The fourth-order valence-corrected chi connectivity index (χ4v) is 9.83. The molecule has 0 aliphatic rings. The van der Waals surface area contributed by atoms with Crippen LogP contribution in [0.3, 0.4) is 0 Å². The van der Waals surface area contributed by atoms with E-state index in [-0.39, 0.29) is 16.2 Å². The van der Waals surface area contributed by atoms with Crippen LogP contribution >= 0.6 is 0 Å². The minimum atomic E-state index is -0.227. The normalized spacial score (nSPS) is 12.3. The first-order valence-corrected chi connectivity index (χ1v) is 23.9. The maximum atomic E-state index is 7.08. The van der Waals surface area contributed by atoms with Crippen molar-refractivity contribution in [1.29, 1.82) is 0 Å². The van der Waals surface area contributed by atoms with Crippen LogP contribution < -0.4 is 9.30 Å². The third-order valence-corrected chi connectivity index (χ3v) is 13.9. The number of rotatable bonds is 11. The van der Waals surface area contributed by atoms with Crippen LogP contribution in [-0.2, 0) is 16.2 Å². The number of benzene rings is 7. The third-order valence-electron chi connectivity index (χ3n) is 13.9. The van der Waals surface area contributed by atoms with Gasteiger partial charge < -0.3 is 4.74 Å². The molecule has 68 heavy (non-hydrogen) atoms. The van der Waals surface area contributed by atoms with Crippen LogP contribution in [0.2, 0.25) is 0 Å². The van der Waals surface area contributed by atoms with Gasteiger partial charge in [-0.25, -0.2) is 4.98 Å². The Bertz CT molecular complexity index is 3440. The van der Waals surface area contributed by atoms with E-state index in [0.717, 1.165) is 56.4 Å². The molecule has 0 saturated carbocycles. The van der Waals surface area contributed by atoms with E-state index in [2.05, 4.69) is 271 Å². The minimum absolute atomic E-state index is 0.186. The molecule has 0 atom stereocenters. The molecule has 3 aromatic heterocycles. The maximum Gasteiger partial charge on any atom is 0.269 e. The van der Waals surface area contributed by atoms with Gasteiger partial charge >= 0.3 is 0 Å².